The quantitative estimate of drug-likeness (QED) is 0.751. The van der Waals surface area contributed by atoms with Crippen molar-refractivity contribution in [3.05, 3.63) is 28.8 Å². The number of nitrogens with zero attached hydrogens (tertiary/aromatic N) is 1. The summed E-state index contributed by atoms with van der Waals surface area (Å²) in [6.45, 7) is 5.83. The van der Waals surface area contributed by atoms with Gasteiger partial charge in [-0.3, -0.25) is 4.79 Å². The summed E-state index contributed by atoms with van der Waals surface area (Å²) in [4.78, 5) is 13.9. The average molecular weight is 236 g/mol. The summed E-state index contributed by atoms with van der Waals surface area (Å²) in [7, 11) is 0. The molecule has 0 unspecified atom stereocenters. The number of anilines is 1. The lowest BCUT2D eigenvalue weighted by Gasteiger charge is -2.17. The summed E-state index contributed by atoms with van der Waals surface area (Å²) in [5.74, 6) is 0.0451. The van der Waals surface area contributed by atoms with Gasteiger partial charge in [-0.2, -0.15) is 0 Å². The molecule has 0 saturated heterocycles. The highest BCUT2D eigenvalue weighted by Crippen LogP contribution is 2.31. The van der Waals surface area contributed by atoms with Gasteiger partial charge in [-0.15, -0.1) is 11.3 Å². The van der Waals surface area contributed by atoms with E-state index in [-0.39, 0.29) is 5.91 Å². The molecule has 0 fully saturated rings. The Morgan fingerprint density at radius 1 is 1.44 bits per heavy atom. The number of thiophene rings is 1. The SMILES string of the molecule is CC.O=C1Nc2sccc2CN2CCC=C12. The molecule has 0 aliphatic carbocycles. The number of amides is 1. The normalized spacial score (nSPS) is 17.5. The van der Waals surface area contributed by atoms with Crippen LogP contribution in [0.5, 0.6) is 0 Å². The van der Waals surface area contributed by atoms with Gasteiger partial charge in [0.1, 0.15) is 5.00 Å². The van der Waals surface area contributed by atoms with E-state index in [0.29, 0.717) is 0 Å². The number of carbonyl (C=O) groups excluding carboxylic acids is 1. The highest BCUT2D eigenvalue weighted by atomic mass is 32.1. The van der Waals surface area contributed by atoms with E-state index in [2.05, 4.69) is 16.3 Å². The van der Waals surface area contributed by atoms with Crippen LogP contribution in [-0.4, -0.2) is 17.4 Å². The molecule has 0 spiro atoms. The molecule has 2 aliphatic heterocycles. The van der Waals surface area contributed by atoms with Crippen molar-refractivity contribution in [3.63, 3.8) is 0 Å². The van der Waals surface area contributed by atoms with Crippen LogP contribution in [0.1, 0.15) is 25.8 Å². The molecule has 3 heterocycles. The molecule has 0 aromatic carbocycles. The Labute approximate surface area is 99.8 Å². The fourth-order valence-electron chi connectivity index (χ4n) is 1.95. The molecule has 0 radical (unpaired) electrons. The summed E-state index contributed by atoms with van der Waals surface area (Å²) >= 11 is 1.60. The smallest absolute Gasteiger partial charge is 0.272 e. The fraction of sp³-hybridized carbons (Fsp3) is 0.417. The highest BCUT2D eigenvalue weighted by molar-refractivity contribution is 7.14. The average Bonchev–Trinajstić information content (AvgIpc) is 2.90. The van der Waals surface area contributed by atoms with Gasteiger partial charge in [-0.05, 0) is 17.9 Å². The molecule has 0 bridgehead atoms. The summed E-state index contributed by atoms with van der Waals surface area (Å²) in [5.41, 5.74) is 2.07. The van der Waals surface area contributed by atoms with Crippen LogP contribution in [0, 0.1) is 0 Å². The first-order valence-corrected chi connectivity index (χ1v) is 6.55. The van der Waals surface area contributed by atoms with Gasteiger partial charge < -0.3 is 10.2 Å². The van der Waals surface area contributed by atoms with Crippen molar-refractivity contribution in [2.24, 2.45) is 0 Å². The van der Waals surface area contributed by atoms with Gasteiger partial charge in [0, 0.05) is 18.7 Å². The van der Waals surface area contributed by atoms with Crippen LogP contribution in [0.2, 0.25) is 0 Å². The van der Waals surface area contributed by atoms with E-state index >= 15 is 0 Å². The van der Waals surface area contributed by atoms with Gasteiger partial charge in [0.2, 0.25) is 0 Å². The number of rotatable bonds is 0. The van der Waals surface area contributed by atoms with Crippen molar-refractivity contribution in [1.82, 2.24) is 4.90 Å². The summed E-state index contributed by atoms with van der Waals surface area (Å²) in [5, 5.41) is 5.97. The summed E-state index contributed by atoms with van der Waals surface area (Å²) < 4.78 is 0. The molecule has 86 valence electrons. The van der Waals surface area contributed by atoms with E-state index in [1.165, 1.54) is 5.56 Å². The number of hydrogen-bond acceptors (Lipinski definition) is 3. The minimum atomic E-state index is 0.0451. The zero-order valence-corrected chi connectivity index (χ0v) is 10.4. The Morgan fingerprint density at radius 2 is 2.25 bits per heavy atom. The van der Waals surface area contributed by atoms with Gasteiger partial charge in [0.15, 0.2) is 0 Å². The zero-order valence-electron chi connectivity index (χ0n) is 9.62. The van der Waals surface area contributed by atoms with Crippen molar-refractivity contribution in [2.75, 3.05) is 11.9 Å². The molecule has 1 aromatic heterocycles. The van der Waals surface area contributed by atoms with E-state index < -0.39 is 0 Å². The molecule has 3 rings (SSSR count). The minimum Gasteiger partial charge on any atom is -0.363 e. The maximum Gasteiger partial charge on any atom is 0.272 e. The first-order chi connectivity index (χ1) is 7.84. The van der Waals surface area contributed by atoms with E-state index in [1.807, 2.05) is 25.3 Å². The second-order valence-corrected chi connectivity index (χ2v) is 4.44. The fourth-order valence-corrected chi connectivity index (χ4v) is 2.75. The molecule has 16 heavy (non-hydrogen) atoms. The first-order valence-electron chi connectivity index (χ1n) is 5.67. The maximum absolute atomic E-state index is 11.7. The Kier molecular flexibility index (Phi) is 3.29. The summed E-state index contributed by atoms with van der Waals surface area (Å²) in [6.07, 6.45) is 3.01. The van der Waals surface area contributed by atoms with Crippen molar-refractivity contribution in [1.29, 1.82) is 0 Å². The molecule has 1 aromatic rings. The lowest BCUT2D eigenvalue weighted by molar-refractivity contribution is -0.114. The molecule has 4 heteroatoms. The lowest BCUT2D eigenvalue weighted by atomic mass is 10.3. The minimum absolute atomic E-state index is 0.0451. The summed E-state index contributed by atoms with van der Waals surface area (Å²) in [6, 6.07) is 2.08. The van der Waals surface area contributed by atoms with Crippen LogP contribution in [0.3, 0.4) is 0 Å². The van der Waals surface area contributed by atoms with Crippen molar-refractivity contribution < 1.29 is 4.79 Å². The molecule has 1 amide bonds. The third kappa shape index (κ3) is 1.85. The van der Waals surface area contributed by atoms with Crippen LogP contribution in [0.25, 0.3) is 0 Å². The molecular formula is C12H16N2OS. The predicted molar refractivity (Wildman–Crippen MR) is 67.4 cm³/mol. The molecule has 0 atom stereocenters. The number of fused-ring (bicyclic) bond motifs is 2. The monoisotopic (exact) mass is 236 g/mol. The number of carbonyl (C=O) groups is 1. The van der Waals surface area contributed by atoms with Crippen molar-refractivity contribution in [3.8, 4) is 0 Å². The molecule has 0 saturated carbocycles. The largest absolute Gasteiger partial charge is 0.363 e. The van der Waals surface area contributed by atoms with Crippen LogP contribution in [0.4, 0.5) is 5.00 Å². The predicted octanol–water partition coefficient (Wildman–Crippen LogP) is 2.82. The van der Waals surface area contributed by atoms with Gasteiger partial charge in [-0.25, -0.2) is 0 Å². The van der Waals surface area contributed by atoms with Crippen LogP contribution < -0.4 is 5.32 Å². The maximum atomic E-state index is 11.7. The number of nitrogens with one attached hydrogen (secondary N) is 1. The standard InChI is InChI=1S/C10H10N2OS.C2H6/c13-9-8-2-1-4-12(8)6-7-3-5-14-10(7)11-9;1-2/h2-3,5H,1,4,6H2,(H,11,13);1-2H3. The molecule has 2 aliphatic rings. The zero-order chi connectivity index (χ0) is 11.5. The van der Waals surface area contributed by atoms with Crippen LogP contribution in [0.15, 0.2) is 23.2 Å². The van der Waals surface area contributed by atoms with E-state index in [9.17, 15) is 4.79 Å². The third-order valence-electron chi connectivity index (χ3n) is 2.65. The second-order valence-electron chi connectivity index (χ2n) is 3.53. The van der Waals surface area contributed by atoms with Gasteiger partial charge in [0.05, 0.1) is 5.70 Å². The van der Waals surface area contributed by atoms with E-state index in [0.717, 1.165) is 30.2 Å². The van der Waals surface area contributed by atoms with Crippen molar-refractivity contribution >= 4 is 22.2 Å². The second kappa shape index (κ2) is 4.70. The Hall–Kier alpha value is -1.29. The van der Waals surface area contributed by atoms with E-state index in [1.54, 1.807) is 11.3 Å². The molecular weight excluding hydrogens is 220 g/mol. The third-order valence-corrected chi connectivity index (χ3v) is 3.52. The lowest BCUT2D eigenvalue weighted by Crippen LogP contribution is -2.24. The van der Waals surface area contributed by atoms with E-state index in [4.69, 9.17) is 0 Å². The van der Waals surface area contributed by atoms with Crippen LogP contribution >= 0.6 is 11.3 Å². The molecule has 1 N–H and O–H groups in total. The van der Waals surface area contributed by atoms with Crippen molar-refractivity contribution in [2.45, 2.75) is 26.8 Å². The van der Waals surface area contributed by atoms with Gasteiger partial charge in [0.25, 0.3) is 5.91 Å². The Bertz CT molecular complexity index is 422. The van der Waals surface area contributed by atoms with Gasteiger partial charge in [-0.1, -0.05) is 19.9 Å². The van der Waals surface area contributed by atoms with Gasteiger partial charge >= 0.3 is 0 Å². The Balaban J connectivity index is 0.000000457. The number of hydrogen-bond donors (Lipinski definition) is 1. The molecule has 3 nitrogen and oxygen atoms in total. The highest BCUT2D eigenvalue weighted by Gasteiger charge is 2.26. The first kappa shape index (κ1) is 11.2. The van der Waals surface area contributed by atoms with Crippen LogP contribution in [-0.2, 0) is 11.3 Å². The Morgan fingerprint density at radius 3 is 3.06 bits per heavy atom. The topological polar surface area (TPSA) is 32.3 Å².